The van der Waals surface area contributed by atoms with Crippen LogP contribution >= 0.6 is 0 Å². The molecule has 0 aromatic heterocycles. The highest BCUT2D eigenvalue weighted by Gasteiger charge is 2.01. The number of allylic oxidation sites excluding steroid dienone is 3. The van der Waals surface area contributed by atoms with Crippen LogP contribution in [0.15, 0.2) is 54.8 Å². The molecule has 0 fully saturated rings. The third-order valence-electron chi connectivity index (χ3n) is 1.82. The Balaban J connectivity index is 2.71. The van der Waals surface area contributed by atoms with Crippen molar-refractivity contribution in [3.63, 3.8) is 0 Å². The number of nitrogens with one attached hydrogen (secondary N) is 1. The van der Waals surface area contributed by atoms with Crippen LogP contribution in [0.3, 0.4) is 0 Å². The van der Waals surface area contributed by atoms with Crippen LogP contribution in [0.25, 0.3) is 0 Å². The quantitative estimate of drug-likeness (QED) is 0.739. The highest BCUT2D eigenvalue weighted by molar-refractivity contribution is 5.67. The van der Waals surface area contributed by atoms with E-state index in [0.717, 1.165) is 5.56 Å². The van der Waals surface area contributed by atoms with Gasteiger partial charge in [-0.1, -0.05) is 43.0 Å². The smallest absolute Gasteiger partial charge is 0.408 e. The number of carbonyl (C=O) groups is 1. The number of amides is 1. The Labute approximate surface area is 88.7 Å². The number of hydrogen-bond donors (Lipinski definition) is 2. The maximum absolute atomic E-state index is 10.5. The summed E-state index contributed by atoms with van der Waals surface area (Å²) in [5.74, 6) is 0. The van der Waals surface area contributed by atoms with E-state index in [4.69, 9.17) is 5.11 Å². The monoisotopic (exact) mass is 203 g/mol. The van der Waals surface area contributed by atoms with E-state index in [1.54, 1.807) is 12.2 Å². The molecule has 1 rings (SSSR count). The summed E-state index contributed by atoms with van der Waals surface area (Å²) in [6.07, 6.45) is 2.72. The highest BCUT2D eigenvalue weighted by atomic mass is 16.4. The van der Waals surface area contributed by atoms with Crippen molar-refractivity contribution in [3.8, 4) is 0 Å². The Morgan fingerprint density at radius 2 is 2.07 bits per heavy atom. The van der Waals surface area contributed by atoms with Crippen molar-refractivity contribution in [1.82, 2.24) is 5.32 Å². The Hall–Kier alpha value is -2.03. The second kappa shape index (κ2) is 5.65. The lowest BCUT2D eigenvalue weighted by atomic mass is 10.1. The second-order valence-corrected chi connectivity index (χ2v) is 3.02. The summed E-state index contributed by atoms with van der Waals surface area (Å²) in [5.41, 5.74) is 1.67. The fourth-order valence-electron chi connectivity index (χ4n) is 1.24. The SMILES string of the molecule is C=CC=C(Cc1ccccc1)NC(=O)O. The fraction of sp³-hybridized carbons (Fsp3) is 0.0833. The Bertz CT molecular complexity index is 368. The van der Waals surface area contributed by atoms with Gasteiger partial charge in [0.05, 0.1) is 0 Å². The third kappa shape index (κ3) is 4.13. The molecule has 0 spiro atoms. The van der Waals surface area contributed by atoms with Crippen molar-refractivity contribution in [2.24, 2.45) is 0 Å². The van der Waals surface area contributed by atoms with Gasteiger partial charge < -0.3 is 5.11 Å². The minimum atomic E-state index is -1.06. The van der Waals surface area contributed by atoms with Crippen LogP contribution < -0.4 is 5.32 Å². The van der Waals surface area contributed by atoms with Crippen LogP contribution in [0.2, 0.25) is 0 Å². The molecule has 0 saturated heterocycles. The summed E-state index contributed by atoms with van der Waals surface area (Å²) in [4.78, 5) is 10.5. The number of carboxylic acid groups (broad SMARTS) is 1. The van der Waals surface area contributed by atoms with Gasteiger partial charge in [0.1, 0.15) is 0 Å². The Kier molecular flexibility index (Phi) is 4.16. The van der Waals surface area contributed by atoms with Gasteiger partial charge in [-0.25, -0.2) is 4.79 Å². The normalized spacial score (nSPS) is 10.8. The van der Waals surface area contributed by atoms with Gasteiger partial charge in [-0.15, -0.1) is 0 Å². The first kappa shape index (κ1) is 11.0. The van der Waals surface area contributed by atoms with Crippen LogP contribution in [-0.4, -0.2) is 11.2 Å². The van der Waals surface area contributed by atoms with Crippen molar-refractivity contribution in [1.29, 1.82) is 0 Å². The molecule has 0 aliphatic carbocycles. The minimum Gasteiger partial charge on any atom is -0.465 e. The van der Waals surface area contributed by atoms with E-state index in [-0.39, 0.29) is 0 Å². The molecule has 3 heteroatoms. The van der Waals surface area contributed by atoms with E-state index in [2.05, 4.69) is 11.9 Å². The molecule has 15 heavy (non-hydrogen) atoms. The summed E-state index contributed by atoms with van der Waals surface area (Å²) in [6.45, 7) is 3.54. The Morgan fingerprint density at radius 1 is 1.40 bits per heavy atom. The van der Waals surface area contributed by atoms with Gasteiger partial charge in [0, 0.05) is 12.1 Å². The van der Waals surface area contributed by atoms with E-state index in [9.17, 15) is 4.79 Å². The van der Waals surface area contributed by atoms with Gasteiger partial charge in [0.2, 0.25) is 0 Å². The molecule has 0 aliphatic rings. The molecule has 1 amide bonds. The molecule has 0 radical (unpaired) electrons. The molecule has 78 valence electrons. The zero-order valence-corrected chi connectivity index (χ0v) is 8.31. The van der Waals surface area contributed by atoms with E-state index < -0.39 is 6.09 Å². The Morgan fingerprint density at radius 3 is 2.60 bits per heavy atom. The van der Waals surface area contributed by atoms with Crippen molar-refractivity contribution in [2.45, 2.75) is 6.42 Å². The maximum Gasteiger partial charge on any atom is 0.408 e. The average Bonchev–Trinajstić information content (AvgIpc) is 2.18. The molecule has 1 aromatic carbocycles. The fourth-order valence-corrected chi connectivity index (χ4v) is 1.24. The predicted molar refractivity (Wildman–Crippen MR) is 59.6 cm³/mol. The number of rotatable bonds is 4. The van der Waals surface area contributed by atoms with Crippen LogP contribution in [0.1, 0.15) is 5.56 Å². The lowest BCUT2D eigenvalue weighted by molar-refractivity contribution is 0.197. The third-order valence-corrected chi connectivity index (χ3v) is 1.82. The van der Waals surface area contributed by atoms with Crippen molar-refractivity contribution in [3.05, 3.63) is 60.3 Å². The van der Waals surface area contributed by atoms with Crippen LogP contribution in [0.5, 0.6) is 0 Å². The minimum absolute atomic E-state index is 0.555. The molecule has 0 aliphatic heterocycles. The molecular formula is C12H13NO2. The number of hydrogen-bond acceptors (Lipinski definition) is 1. The molecule has 3 nitrogen and oxygen atoms in total. The summed E-state index contributed by atoms with van der Waals surface area (Å²) in [7, 11) is 0. The van der Waals surface area contributed by atoms with Crippen LogP contribution in [0, 0.1) is 0 Å². The van der Waals surface area contributed by atoms with Crippen LogP contribution in [-0.2, 0) is 6.42 Å². The van der Waals surface area contributed by atoms with Gasteiger partial charge in [-0.2, -0.15) is 0 Å². The summed E-state index contributed by atoms with van der Waals surface area (Å²) < 4.78 is 0. The average molecular weight is 203 g/mol. The largest absolute Gasteiger partial charge is 0.465 e. The lowest BCUT2D eigenvalue weighted by Gasteiger charge is -2.06. The van der Waals surface area contributed by atoms with Crippen molar-refractivity contribution < 1.29 is 9.90 Å². The van der Waals surface area contributed by atoms with E-state index in [1.165, 1.54) is 0 Å². The zero-order chi connectivity index (χ0) is 11.1. The molecule has 0 atom stereocenters. The van der Waals surface area contributed by atoms with Gasteiger partial charge >= 0.3 is 6.09 Å². The van der Waals surface area contributed by atoms with Crippen molar-refractivity contribution in [2.75, 3.05) is 0 Å². The first-order valence-electron chi connectivity index (χ1n) is 4.58. The van der Waals surface area contributed by atoms with Gasteiger partial charge in [-0.05, 0) is 11.6 Å². The van der Waals surface area contributed by atoms with Crippen molar-refractivity contribution >= 4 is 6.09 Å². The maximum atomic E-state index is 10.5. The van der Waals surface area contributed by atoms with E-state index >= 15 is 0 Å². The molecule has 0 saturated carbocycles. The highest BCUT2D eigenvalue weighted by Crippen LogP contribution is 2.05. The van der Waals surface area contributed by atoms with E-state index in [0.29, 0.717) is 12.1 Å². The van der Waals surface area contributed by atoms with Crippen LogP contribution in [0.4, 0.5) is 4.79 Å². The molecule has 2 N–H and O–H groups in total. The molecule has 0 unspecified atom stereocenters. The predicted octanol–water partition coefficient (Wildman–Crippen LogP) is 2.57. The number of benzene rings is 1. The zero-order valence-electron chi connectivity index (χ0n) is 8.31. The standard InChI is InChI=1S/C12H13NO2/c1-2-6-11(13-12(14)15)9-10-7-4-3-5-8-10/h2-8,13H,1,9H2,(H,14,15). The summed E-state index contributed by atoms with van der Waals surface area (Å²) in [6, 6.07) is 9.65. The summed E-state index contributed by atoms with van der Waals surface area (Å²) in [5, 5.41) is 10.9. The topological polar surface area (TPSA) is 49.3 Å². The van der Waals surface area contributed by atoms with Gasteiger partial charge in [0.15, 0.2) is 0 Å². The molecule has 1 aromatic rings. The first-order valence-corrected chi connectivity index (χ1v) is 4.58. The van der Waals surface area contributed by atoms with Gasteiger partial charge in [-0.3, -0.25) is 5.32 Å². The summed E-state index contributed by atoms with van der Waals surface area (Å²) >= 11 is 0. The second-order valence-electron chi connectivity index (χ2n) is 3.02. The first-order chi connectivity index (χ1) is 7.22. The molecular weight excluding hydrogens is 190 g/mol. The lowest BCUT2D eigenvalue weighted by Crippen LogP contribution is -2.21. The molecule has 0 bridgehead atoms. The van der Waals surface area contributed by atoms with E-state index in [1.807, 2.05) is 30.3 Å². The van der Waals surface area contributed by atoms with Gasteiger partial charge in [0.25, 0.3) is 0 Å². The molecule has 0 heterocycles.